The van der Waals surface area contributed by atoms with Crippen molar-refractivity contribution in [3.05, 3.63) is 92.5 Å². The summed E-state index contributed by atoms with van der Waals surface area (Å²) < 4.78 is 5.22. The van der Waals surface area contributed by atoms with Gasteiger partial charge in [-0.1, -0.05) is 41.4 Å². The van der Waals surface area contributed by atoms with Crippen LogP contribution in [0, 0.1) is 13.8 Å². The van der Waals surface area contributed by atoms with E-state index in [1.807, 2.05) is 56.3 Å². The standard InChI is InChI=1S/C30H30Cl2N2O4/c1-6-33(7-2)21-10-8-19(9-11-21)26-25(27(35)20-15-23(31)29(38-5)24(32)16-20)28(36)30(37)34(26)22-13-17(3)12-18(4)14-22/h8-16,26,35H,6-7H2,1-5H3/b27-25+. The summed E-state index contributed by atoms with van der Waals surface area (Å²) in [6.45, 7) is 9.71. The second-order valence-electron chi connectivity index (χ2n) is 9.25. The molecular formula is C30H30Cl2N2O4. The van der Waals surface area contributed by atoms with Crippen LogP contribution in [0.1, 0.15) is 42.1 Å². The first-order valence-electron chi connectivity index (χ1n) is 12.4. The summed E-state index contributed by atoms with van der Waals surface area (Å²) >= 11 is 12.7. The van der Waals surface area contributed by atoms with Gasteiger partial charge in [0, 0.05) is 30.0 Å². The first-order chi connectivity index (χ1) is 18.1. The molecule has 0 spiro atoms. The van der Waals surface area contributed by atoms with Gasteiger partial charge in [-0.3, -0.25) is 14.5 Å². The Morgan fingerprint density at radius 1 is 0.947 bits per heavy atom. The van der Waals surface area contributed by atoms with Gasteiger partial charge in [0.2, 0.25) is 0 Å². The Hall–Kier alpha value is -3.48. The summed E-state index contributed by atoms with van der Waals surface area (Å²) in [4.78, 5) is 30.7. The van der Waals surface area contributed by atoms with Gasteiger partial charge in [-0.05, 0) is 80.8 Å². The van der Waals surface area contributed by atoms with E-state index >= 15 is 0 Å². The van der Waals surface area contributed by atoms with E-state index in [4.69, 9.17) is 27.9 Å². The Morgan fingerprint density at radius 3 is 2.00 bits per heavy atom. The van der Waals surface area contributed by atoms with E-state index in [2.05, 4.69) is 18.7 Å². The Bertz CT molecular complexity index is 1390. The van der Waals surface area contributed by atoms with E-state index in [1.54, 1.807) is 0 Å². The molecule has 0 aromatic heterocycles. The zero-order valence-electron chi connectivity index (χ0n) is 22.0. The maximum absolute atomic E-state index is 13.5. The van der Waals surface area contributed by atoms with Crippen LogP contribution in [-0.2, 0) is 9.59 Å². The molecule has 1 fully saturated rings. The van der Waals surface area contributed by atoms with E-state index in [1.165, 1.54) is 24.1 Å². The van der Waals surface area contributed by atoms with Crippen molar-refractivity contribution in [2.75, 3.05) is 30.0 Å². The molecule has 8 heteroatoms. The van der Waals surface area contributed by atoms with E-state index in [0.29, 0.717) is 11.3 Å². The van der Waals surface area contributed by atoms with Crippen LogP contribution in [0.5, 0.6) is 5.75 Å². The number of carbonyl (C=O) groups excluding carboxylic acids is 2. The molecule has 0 bridgehead atoms. The highest BCUT2D eigenvalue weighted by Crippen LogP contribution is 2.44. The van der Waals surface area contributed by atoms with Crippen LogP contribution in [0.25, 0.3) is 5.76 Å². The maximum Gasteiger partial charge on any atom is 0.300 e. The van der Waals surface area contributed by atoms with Gasteiger partial charge in [-0.2, -0.15) is 0 Å². The fourth-order valence-electron chi connectivity index (χ4n) is 5.01. The molecule has 3 aromatic carbocycles. The number of aliphatic hydroxyl groups is 1. The van der Waals surface area contributed by atoms with Crippen LogP contribution in [0.15, 0.2) is 60.2 Å². The second-order valence-corrected chi connectivity index (χ2v) is 10.1. The molecule has 1 amide bonds. The number of ketones is 1. The number of Topliss-reactive ketones (excluding diaryl/α,β-unsaturated/α-hetero) is 1. The van der Waals surface area contributed by atoms with Gasteiger partial charge in [0.1, 0.15) is 5.76 Å². The minimum Gasteiger partial charge on any atom is -0.507 e. The van der Waals surface area contributed by atoms with E-state index < -0.39 is 17.7 Å². The van der Waals surface area contributed by atoms with Crippen molar-refractivity contribution < 1.29 is 19.4 Å². The number of hydrogen-bond acceptors (Lipinski definition) is 5. The highest BCUT2D eigenvalue weighted by Gasteiger charge is 2.47. The van der Waals surface area contributed by atoms with Gasteiger partial charge >= 0.3 is 0 Å². The van der Waals surface area contributed by atoms with Crippen molar-refractivity contribution in [2.24, 2.45) is 0 Å². The lowest BCUT2D eigenvalue weighted by atomic mass is 9.94. The number of nitrogens with zero attached hydrogens (tertiary/aromatic N) is 2. The molecule has 1 N–H and O–H groups in total. The minimum atomic E-state index is -0.860. The van der Waals surface area contributed by atoms with Crippen molar-refractivity contribution >= 4 is 52.0 Å². The molecule has 6 nitrogen and oxygen atoms in total. The number of amides is 1. The average molecular weight is 553 g/mol. The number of hydrogen-bond donors (Lipinski definition) is 1. The first-order valence-corrected chi connectivity index (χ1v) is 13.1. The predicted molar refractivity (Wildman–Crippen MR) is 154 cm³/mol. The number of benzene rings is 3. The summed E-state index contributed by atoms with van der Waals surface area (Å²) in [5, 5.41) is 11.8. The number of aliphatic hydroxyl groups excluding tert-OH is 1. The molecule has 1 heterocycles. The van der Waals surface area contributed by atoms with Gasteiger partial charge in [0.05, 0.1) is 28.8 Å². The van der Waals surface area contributed by atoms with Crippen molar-refractivity contribution in [2.45, 2.75) is 33.7 Å². The highest BCUT2D eigenvalue weighted by molar-refractivity contribution is 6.51. The van der Waals surface area contributed by atoms with Crippen molar-refractivity contribution in [3.63, 3.8) is 0 Å². The van der Waals surface area contributed by atoms with E-state index in [-0.39, 0.29) is 32.7 Å². The maximum atomic E-state index is 13.5. The molecular weight excluding hydrogens is 523 g/mol. The second kappa shape index (κ2) is 11.1. The smallest absolute Gasteiger partial charge is 0.300 e. The van der Waals surface area contributed by atoms with Crippen LogP contribution < -0.4 is 14.5 Å². The monoisotopic (exact) mass is 552 g/mol. The fraction of sp³-hybridized carbons (Fsp3) is 0.267. The van der Waals surface area contributed by atoms with Gasteiger partial charge in [-0.25, -0.2) is 0 Å². The SMILES string of the molecule is CCN(CC)c1ccc(C2/C(=C(\O)c3cc(Cl)c(OC)c(Cl)c3)C(=O)C(=O)N2c2cc(C)cc(C)c2)cc1. The summed E-state index contributed by atoms with van der Waals surface area (Å²) in [7, 11) is 1.43. The molecule has 0 aliphatic carbocycles. The van der Waals surface area contributed by atoms with Gasteiger partial charge in [0.15, 0.2) is 5.75 Å². The Kier molecular flexibility index (Phi) is 8.05. The highest BCUT2D eigenvalue weighted by atomic mass is 35.5. The molecule has 1 aliphatic heterocycles. The van der Waals surface area contributed by atoms with Gasteiger partial charge in [0.25, 0.3) is 11.7 Å². The first kappa shape index (κ1) is 27.6. The van der Waals surface area contributed by atoms with Crippen LogP contribution in [0.4, 0.5) is 11.4 Å². The summed E-state index contributed by atoms with van der Waals surface area (Å²) in [6, 6.07) is 15.5. The molecule has 0 saturated carbocycles. The van der Waals surface area contributed by atoms with E-state index in [9.17, 15) is 14.7 Å². The predicted octanol–water partition coefficient (Wildman–Crippen LogP) is 7.09. The minimum absolute atomic E-state index is 0.0398. The summed E-state index contributed by atoms with van der Waals surface area (Å²) in [5.41, 5.74) is 4.36. The van der Waals surface area contributed by atoms with Crippen molar-refractivity contribution in [3.8, 4) is 5.75 Å². The molecule has 198 valence electrons. The summed E-state index contributed by atoms with van der Waals surface area (Å²) in [6.07, 6.45) is 0. The zero-order valence-corrected chi connectivity index (χ0v) is 23.5. The molecule has 38 heavy (non-hydrogen) atoms. The quantitative estimate of drug-likeness (QED) is 0.192. The number of anilines is 2. The van der Waals surface area contributed by atoms with Gasteiger partial charge in [-0.15, -0.1) is 0 Å². The number of methoxy groups -OCH3 is 1. The van der Waals surface area contributed by atoms with Crippen LogP contribution in [0.3, 0.4) is 0 Å². The number of halogens is 2. The summed E-state index contributed by atoms with van der Waals surface area (Å²) in [5.74, 6) is -1.62. The van der Waals surface area contributed by atoms with E-state index in [0.717, 1.165) is 29.9 Å². The molecule has 3 aromatic rings. The third-order valence-corrected chi connectivity index (χ3v) is 7.30. The number of carbonyl (C=O) groups is 2. The molecule has 1 unspecified atom stereocenters. The lowest BCUT2D eigenvalue weighted by molar-refractivity contribution is -0.132. The van der Waals surface area contributed by atoms with Crippen molar-refractivity contribution in [1.29, 1.82) is 0 Å². The Morgan fingerprint density at radius 2 is 1.50 bits per heavy atom. The van der Waals surface area contributed by atoms with Gasteiger partial charge < -0.3 is 14.7 Å². The third kappa shape index (κ3) is 4.98. The third-order valence-electron chi connectivity index (χ3n) is 6.74. The Balaban J connectivity index is 1.95. The number of rotatable bonds is 7. The zero-order chi connectivity index (χ0) is 27.7. The molecule has 4 rings (SSSR count). The molecule has 1 aliphatic rings. The van der Waals surface area contributed by atoms with Crippen LogP contribution in [-0.4, -0.2) is 37.0 Å². The van der Waals surface area contributed by atoms with Crippen LogP contribution in [0.2, 0.25) is 10.0 Å². The van der Waals surface area contributed by atoms with Crippen molar-refractivity contribution in [1.82, 2.24) is 0 Å². The Labute approximate surface area is 233 Å². The fourth-order valence-corrected chi connectivity index (χ4v) is 5.65. The van der Waals surface area contributed by atoms with Crippen LogP contribution >= 0.6 is 23.2 Å². The lowest BCUT2D eigenvalue weighted by Gasteiger charge is -2.27. The largest absolute Gasteiger partial charge is 0.507 e. The number of aryl methyl sites for hydroxylation is 2. The number of ether oxygens (including phenoxy) is 1. The molecule has 0 radical (unpaired) electrons. The lowest BCUT2D eigenvalue weighted by Crippen LogP contribution is -2.29. The molecule has 1 atom stereocenters. The average Bonchev–Trinajstić information content (AvgIpc) is 3.14. The molecule has 1 saturated heterocycles. The normalized spacial score (nSPS) is 16.7. The topological polar surface area (TPSA) is 70.1 Å².